The monoisotopic (exact) mass is 283 g/mol. The zero-order chi connectivity index (χ0) is 11.4. The molecule has 1 aromatic heterocycles. The van der Waals surface area contributed by atoms with Crippen LogP contribution in [-0.4, -0.2) is 4.98 Å². The fourth-order valence-electron chi connectivity index (χ4n) is 2.57. The number of halogens is 1. The lowest BCUT2D eigenvalue weighted by molar-refractivity contribution is 0.273. The van der Waals surface area contributed by atoms with Crippen molar-refractivity contribution in [1.29, 1.82) is 0 Å². The number of hydrazine groups is 1. The summed E-state index contributed by atoms with van der Waals surface area (Å²) in [5.41, 5.74) is 4.14. The smallest absolute Gasteiger partial charge is 0.0503 e. The summed E-state index contributed by atoms with van der Waals surface area (Å²) < 4.78 is 1.01. The minimum Gasteiger partial charge on any atom is -0.271 e. The van der Waals surface area contributed by atoms with Gasteiger partial charge in [-0.3, -0.25) is 16.3 Å². The van der Waals surface area contributed by atoms with Crippen LogP contribution < -0.4 is 11.3 Å². The van der Waals surface area contributed by atoms with Crippen molar-refractivity contribution < 1.29 is 0 Å². The highest BCUT2D eigenvalue weighted by atomic mass is 79.9. The second-order valence-corrected chi connectivity index (χ2v) is 5.39. The molecule has 1 saturated carbocycles. The molecule has 0 aromatic carbocycles. The summed E-state index contributed by atoms with van der Waals surface area (Å²) in [5.74, 6) is 6.34. The van der Waals surface area contributed by atoms with Crippen LogP contribution in [0.3, 0.4) is 0 Å². The molecule has 0 aliphatic heterocycles. The van der Waals surface area contributed by atoms with Gasteiger partial charge in [0.2, 0.25) is 0 Å². The molecule has 1 aliphatic carbocycles. The van der Waals surface area contributed by atoms with Gasteiger partial charge in [-0.25, -0.2) is 0 Å². The van der Waals surface area contributed by atoms with E-state index < -0.39 is 0 Å². The maximum absolute atomic E-state index is 5.69. The predicted molar refractivity (Wildman–Crippen MR) is 68.6 cm³/mol. The van der Waals surface area contributed by atoms with Gasteiger partial charge in [-0.15, -0.1) is 0 Å². The zero-order valence-electron chi connectivity index (χ0n) is 9.32. The van der Waals surface area contributed by atoms with Crippen LogP contribution in [0, 0.1) is 5.92 Å². The second-order valence-electron chi connectivity index (χ2n) is 4.48. The summed E-state index contributed by atoms with van der Waals surface area (Å²) in [5, 5.41) is 0. The molecule has 0 amide bonds. The molecule has 3 nitrogen and oxygen atoms in total. The van der Waals surface area contributed by atoms with Gasteiger partial charge in [0.1, 0.15) is 0 Å². The number of rotatable bonds is 3. The van der Waals surface area contributed by atoms with Crippen molar-refractivity contribution in [3.8, 4) is 0 Å². The standard InChI is InChI=1S/C12H18BrN3/c13-11-6-10(7-15-8-11)12(16-14)9-4-2-1-3-5-9/h6-9,12,16H,1-5,14H2. The van der Waals surface area contributed by atoms with Crippen molar-refractivity contribution in [3.05, 3.63) is 28.5 Å². The fraction of sp³-hybridized carbons (Fsp3) is 0.583. The molecule has 0 saturated heterocycles. The van der Waals surface area contributed by atoms with Crippen LogP contribution >= 0.6 is 15.9 Å². The molecule has 4 heteroatoms. The van der Waals surface area contributed by atoms with E-state index in [1.165, 1.54) is 37.7 Å². The summed E-state index contributed by atoms with van der Waals surface area (Å²) >= 11 is 3.45. The van der Waals surface area contributed by atoms with E-state index in [-0.39, 0.29) is 6.04 Å². The Morgan fingerprint density at radius 1 is 1.31 bits per heavy atom. The first-order valence-electron chi connectivity index (χ1n) is 5.88. The molecule has 0 spiro atoms. The van der Waals surface area contributed by atoms with E-state index >= 15 is 0 Å². The maximum Gasteiger partial charge on any atom is 0.0503 e. The number of hydrogen-bond donors (Lipinski definition) is 2. The number of nitrogens with two attached hydrogens (primary N) is 1. The lowest BCUT2D eigenvalue weighted by atomic mass is 9.82. The molecule has 2 rings (SSSR count). The Bertz CT molecular complexity index is 337. The molecule has 1 fully saturated rings. The Morgan fingerprint density at radius 2 is 2.06 bits per heavy atom. The summed E-state index contributed by atoms with van der Waals surface area (Å²) in [6.45, 7) is 0. The van der Waals surface area contributed by atoms with E-state index in [9.17, 15) is 0 Å². The number of pyridine rings is 1. The Labute approximate surface area is 105 Å². The van der Waals surface area contributed by atoms with Gasteiger partial charge in [-0.1, -0.05) is 19.3 Å². The number of hydrogen-bond acceptors (Lipinski definition) is 3. The Balaban J connectivity index is 2.14. The van der Waals surface area contributed by atoms with Crippen LogP contribution in [-0.2, 0) is 0 Å². The maximum atomic E-state index is 5.69. The van der Waals surface area contributed by atoms with E-state index in [2.05, 4.69) is 32.4 Å². The first kappa shape index (κ1) is 12.0. The topological polar surface area (TPSA) is 50.9 Å². The molecule has 1 aromatic rings. The summed E-state index contributed by atoms with van der Waals surface area (Å²) in [6, 6.07) is 2.34. The summed E-state index contributed by atoms with van der Waals surface area (Å²) in [7, 11) is 0. The molecule has 88 valence electrons. The van der Waals surface area contributed by atoms with Gasteiger partial charge in [-0.05, 0) is 46.3 Å². The molecule has 1 atom stereocenters. The van der Waals surface area contributed by atoms with Gasteiger partial charge >= 0.3 is 0 Å². The molecule has 1 heterocycles. The molecule has 0 radical (unpaired) electrons. The van der Waals surface area contributed by atoms with Crippen molar-refractivity contribution >= 4 is 15.9 Å². The third kappa shape index (κ3) is 2.81. The van der Waals surface area contributed by atoms with Gasteiger partial charge in [0, 0.05) is 16.9 Å². The van der Waals surface area contributed by atoms with Gasteiger partial charge < -0.3 is 0 Å². The van der Waals surface area contributed by atoms with Crippen molar-refractivity contribution in [2.24, 2.45) is 11.8 Å². The average molecular weight is 284 g/mol. The predicted octanol–water partition coefficient (Wildman–Crippen LogP) is 2.93. The lowest BCUT2D eigenvalue weighted by Crippen LogP contribution is -2.34. The highest BCUT2D eigenvalue weighted by molar-refractivity contribution is 9.10. The van der Waals surface area contributed by atoms with Crippen molar-refractivity contribution in [3.63, 3.8) is 0 Å². The van der Waals surface area contributed by atoms with Gasteiger partial charge in [0.05, 0.1) is 6.04 Å². The zero-order valence-corrected chi connectivity index (χ0v) is 10.9. The first-order valence-corrected chi connectivity index (χ1v) is 6.67. The van der Waals surface area contributed by atoms with Gasteiger partial charge in [-0.2, -0.15) is 0 Å². The molecule has 16 heavy (non-hydrogen) atoms. The summed E-state index contributed by atoms with van der Waals surface area (Å²) in [6.07, 6.45) is 10.3. The van der Waals surface area contributed by atoms with E-state index in [0.717, 1.165) is 4.47 Å². The number of nitrogens with one attached hydrogen (secondary N) is 1. The molecule has 0 bridgehead atoms. The molecular formula is C12H18BrN3. The van der Waals surface area contributed by atoms with Crippen molar-refractivity contribution in [2.45, 2.75) is 38.1 Å². The van der Waals surface area contributed by atoms with Crippen molar-refractivity contribution in [2.75, 3.05) is 0 Å². The normalized spacial score (nSPS) is 19.6. The minimum absolute atomic E-state index is 0.241. The number of aromatic nitrogens is 1. The van der Waals surface area contributed by atoms with E-state index in [4.69, 9.17) is 5.84 Å². The highest BCUT2D eigenvalue weighted by Crippen LogP contribution is 2.34. The second kappa shape index (κ2) is 5.75. The average Bonchev–Trinajstić information content (AvgIpc) is 2.31. The third-order valence-corrected chi connectivity index (χ3v) is 3.82. The fourth-order valence-corrected chi connectivity index (χ4v) is 2.95. The van der Waals surface area contributed by atoms with Crippen LogP contribution in [0.15, 0.2) is 22.9 Å². The largest absolute Gasteiger partial charge is 0.271 e. The Kier molecular flexibility index (Phi) is 4.32. The first-order chi connectivity index (χ1) is 7.81. The highest BCUT2D eigenvalue weighted by Gasteiger charge is 2.24. The summed E-state index contributed by atoms with van der Waals surface area (Å²) in [4.78, 5) is 4.21. The quantitative estimate of drug-likeness (QED) is 0.663. The SMILES string of the molecule is NNC(c1cncc(Br)c1)C1CCCCC1. The molecule has 1 aliphatic rings. The third-order valence-electron chi connectivity index (χ3n) is 3.39. The Morgan fingerprint density at radius 3 is 2.69 bits per heavy atom. The van der Waals surface area contributed by atoms with Crippen LogP contribution in [0.5, 0.6) is 0 Å². The van der Waals surface area contributed by atoms with Crippen LogP contribution in [0.1, 0.15) is 43.7 Å². The van der Waals surface area contributed by atoms with E-state index in [1.54, 1.807) is 6.20 Å². The number of nitrogens with zero attached hydrogens (tertiary/aromatic N) is 1. The molecular weight excluding hydrogens is 266 g/mol. The minimum atomic E-state index is 0.241. The molecule has 1 unspecified atom stereocenters. The van der Waals surface area contributed by atoms with Crippen LogP contribution in [0.2, 0.25) is 0 Å². The van der Waals surface area contributed by atoms with Crippen LogP contribution in [0.4, 0.5) is 0 Å². The van der Waals surface area contributed by atoms with Crippen molar-refractivity contribution in [1.82, 2.24) is 10.4 Å². The van der Waals surface area contributed by atoms with Gasteiger partial charge in [0.25, 0.3) is 0 Å². The van der Waals surface area contributed by atoms with E-state index in [1.807, 2.05) is 6.20 Å². The van der Waals surface area contributed by atoms with Crippen LogP contribution in [0.25, 0.3) is 0 Å². The van der Waals surface area contributed by atoms with Gasteiger partial charge in [0.15, 0.2) is 0 Å². The Hall–Kier alpha value is -0.450. The lowest BCUT2D eigenvalue weighted by Gasteiger charge is -2.29. The van der Waals surface area contributed by atoms with E-state index in [0.29, 0.717) is 5.92 Å². The molecule has 3 N–H and O–H groups in total.